The molecular weight excluding hydrogens is 454 g/mol. The Morgan fingerprint density at radius 2 is 1.74 bits per heavy atom. The number of aromatic nitrogens is 2. The van der Waals surface area contributed by atoms with Gasteiger partial charge in [0.15, 0.2) is 0 Å². The molecule has 0 unspecified atom stereocenters. The first-order valence-electron chi connectivity index (χ1n) is 11.6. The van der Waals surface area contributed by atoms with E-state index in [9.17, 15) is 4.79 Å². The van der Waals surface area contributed by atoms with Gasteiger partial charge in [0.2, 0.25) is 5.88 Å². The summed E-state index contributed by atoms with van der Waals surface area (Å²) in [5.74, 6) is 0.983. The number of fused-ring (bicyclic) bond motifs is 1. The summed E-state index contributed by atoms with van der Waals surface area (Å²) in [6, 6.07) is 13.6. The molecule has 2 fully saturated rings. The standard InChI is InChI=1S/C15H22N2O2.C11H9NO2.ClH/c1-2-14(12-5-10-18-11-6-12)15(17-7-1)19-13-3-8-16-9-4-13;1-14-11(13)10-6-8-4-2-3-5-9(8)7-12-10;/h1-2,7,12-13,16H,3-6,8-11H2;2-7H,1H3;1H. The van der Waals surface area contributed by atoms with E-state index >= 15 is 0 Å². The van der Waals surface area contributed by atoms with Crippen LogP contribution in [0, 0.1) is 0 Å². The van der Waals surface area contributed by atoms with Crippen molar-refractivity contribution in [3.05, 3.63) is 66.1 Å². The van der Waals surface area contributed by atoms with Crippen molar-refractivity contribution < 1.29 is 19.0 Å². The van der Waals surface area contributed by atoms with Crippen LogP contribution in [-0.2, 0) is 9.47 Å². The van der Waals surface area contributed by atoms with Crippen molar-refractivity contribution in [1.82, 2.24) is 15.3 Å². The fraction of sp³-hybridized carbons (Fsp3) is 0.423. The number of nitrogens with one attached hydrogen (secondary N) is 1. The molecule has 2 aliphatic rings. The van der Waals surface area contributed by atoms with Crippen LogP contribution in [0.2, 0.25) is 0 Å². The molecule has 34 heavy (non-hydrogen) atoms. The first-order chi connectivity index (χ1) is 16.2. The summed E-state index contributed by atoms with van der Waals surface area (Å²) in [6.07, 6.45) is 8.12. The van der Waals surface area contributed by atoms with E-state index in [1.165, 1.54) is 12.7 Å². The Balaban J connectivity index is 0.000000193. The Labute approximate surface area is 206 Å². The van der Waals surface area contributed by atoms with Crippen LogP contribution in [0.3, 0.4) is 0 Å². The molecule has 1 N–H and O–H groups in total. The molecule has 3 aromatic rings. The number of ether oxygens (including phenoxy) is 3. The minimum absolute atomic E-state index is 0. The second kappa shape index (κ2) is 13.2. The zero-order valence-corrected chi connectivity index (χ0v) is 20.3. The number of hydrogen-bond donors (Lipinski definition) is 1. The van der Waals surface area contributed by atoms with Gasteiger partial charge >= 0.3 is 5.97 Å². The van der Waals surface area contributed by atoms with Gasteiger partial charge in [-0.2, -0.15) is 0 Å². The molecule has 0 spiro atoms. The molecule has 2 saturated heterocycles. The number of methoxy groups -OCH3 is 1. The van der Waals surface area contributed by atoms with Crippen molar-refractivity contribution in [1.29, 1.82) is 0 Å². The van der Waals surface area contributed by atoms with Crippen LogP contribution in [0.1, 0.15) is 47.7 Å². The molecule has 0 radical (unpaired) electrons. The predicted molar refractivity (Wildman–Crippen MR) is 134 cm³/mol. The average molecular weight is 486 g/mol. The van der Waals surface area contributed by atoms with Crippen molar-refractivity contribution >= 4 is 29.1 Å². The molecule has 7 nitrogen and oxygen atoms in total. The Morgan fingerprint density at radius 3 is 2.47 bits per heavy atom. The molecular formula is C26H32ClN3O4. The van der Waals surface area contributed by atoms with Gasteiger partial charge in [-0.25, -0.2) is 14.8 Å². The third kappa shape index (κ3) is 6.88. The van der Waals surface area contributed by atoms with Gasteiger partial charge in [-0.1, -0.05) is 30.3 Å². The van der Waals surface area contributed by atoms with Crippen molar-refractivity contribution in [2.45, 2.75) is 37.7 Å². The maximum Gasteiger partial charge on any atom is 0.356 e. The molecule has 0 bridgehead atoms. The summed E-state index contributed by atoms with van der Waals surface area (Å²) in [5.41, 5.74) is 1.61. The molecule has 4 heterocycles. The van der Waals surface area contributed by atoms with Crippen LogP contribution in [0.15, 0.2) is 54.9 Å². The number of rotatable bonds is 4. The Kier molecular flexibility index (Phi) is 10.1. The fourth-order valence-electron chi connectivity index (χ4n) is 4.19. The van der Waals surface area contributed by atoms with Gasteiger partial charge in [-0.15, -0.1) is 12.4 Å². The average Bonchev–Trinajstić information content (AvgIpc) is 2.90. The number of esters is 1. The van der Waals surface area contributed by atoms with Crippen molar-refractivity contribution in [3.63, 3.8) is 0 Å². The Morgan fingerprint density at radius 1 is 1.00 bits per heavy atom. The Hall–Kier alpha value is -2.74. The number of piperidine rings is 1. The maximum atomic E-state index is 11.2. The second-order valence-corrected chi connectivity index (χ2v) is 8.26. The summed E-state index contributed by atoms with van der Waals surface area (Å²) >= 11 is 0. The number of hydrogen-bond acceptors (Lipinski definition) is 7. The highest BCUT2D eigenvalue weighted by molar-refractivity contribution is 5.92. The number of benzene rings is 1. The van der Waals surface area contributed by atoms with Crippen LogP contribution in [0.4, 0.5) is 0 Å². The monoisotopic (exact) mass is 485 g/mol. The third-order valence-electron chi connectivity index (χ3n) is 6.05. The van der Waals surface area contributed by atoms with Crippen molar-refractivity contribution in [3.8, 4) is 5.88 Å². The van der Waals surface area contributed by atoms with Gasteiger partial charge in [-0.3, -0.25) is 0 Å². The van der Waals surface area contributed by atoms with Crippen LogP contribution >= 0.6 is 12.4 Å². The molecule has 0 saturated carbocycles. The zero-order valence-electron chi connectivity index (χ0n) is 19.4. The van der Waals surface area contributed by atoms with Crippen LogP contribution in [0.5, 0.6) is 5.88 Å². The van der Waals surface area contributed by atoms with Crippen molar-refractivity contribution in [2.24, 2.45) is 0 Å². The molecule has 0 amide bonds. The van der Waals surface area contributed by atoms with E-state index in [4.69, 9.17) is 9.47 Å². The first-order valence-corrected chi connectivity index (χ1v) is 11.6. The van der Waals surface area contributed by atoms with E-state index in [-0.39, 0.29) is 12.4 Å². The molecule has 8 heteroatoms. The molecule has 0 aliphatic carbocycles. The van der Waals surface area contributed by atoms with Gasteiger partial charge in [0.1, 0.15) is 11.8 Å². The van der Waals surface area contributed by atoms with Gasteiger partial charge in [0, 0.05) is 36.6 Å². The maximum absolute atomic E-state index is 11.2. The first kappa shape index (κ1) is 25.9. The van der Waals surface area contributed by atoms with Crippen molar-refractivity contribution in [2.75, 3.05) is 33.4 Å². The molecule has 182 valence electrons. The normalized spacial score (nSPS) is 16.6. The van der Waals surface area contributed by atoms with Crippen LogP contribution in [-0.4, -0.2) is 55.5 Å². The smallest absolute Gasteiger partial charge is 0.356 e. The summed E-state index contributed by atoms with van der Waals surface area (Å²) in [5, 5.41) is 5.36. The highest BCUT2D eigenvalue weighted by atomic mass is 35.5. The fourth-order valence-corrected chi connectivity index (χ4v) is 4.19. The van der Waals surface area contributed by atoms with Crippen LogP contribution < -0.4 is 10.1 Å². The lowest BCUT2D eigenvalue weighted by atomic mass is 9.92. The number of pyridine rings is 2. The summed E-state index contributed by atoms with van der Waals surface area (Å²) in [7, 11) is 1.35. The molecule has 2 aliphatic heterocycles. The summed E-state index contributed by atoms with van der Waals surface area (Å²) in [4.78, 5) is 19.6. The highest BCUT2D eigenvalue weighted by Gasteiger charge is 2.22. The topological polar surface area (TPSA) is 82.6 Å². The molecule has 5 rings (SSSR count). The van der Waals surface area contributed by atoms with Gasteiger partial charge in [-0.05, 0) is 62.2 Å². The minimum Gasteiger partial charge on any atom is -0.474 e. The van der Waals surface area contributed by atoms with Crippen LogP contribution in [0.25, 0.3) is 10.8 Å². The largest absolute Gasteiger partial charge is 0.474 e. The summed E-state index contributed by atoms with van der Waals surface area (Å²) < 4.78 is 16.2. The SMILES string of the molecule is COC(=O)c1cc2ccccc2cn1.Cl.c1cnc(OC2CCNCC2)c(C2CCOCC2)c1. The Bertz CT molecular complexity index is 1050. The van der Waals surface area contributed by atoms with Gasteiger partial charge in [0.25, 0.3) is 0 Å². The lowest BCUT2D eigenvalue weighted by molar-refractivity contribution is 0.0594. The zero-order chi connectivity index (χ0) is 22.9. The highest BCUT2D eigenvalue weighted by Crippen LogP contribution is 2.33. The predicted octanol–water partition coefficient (Wildman–Crippen LogP) is 4.55. The van der Waals surface area contributed by atoms with E-state index in [0.29, 0.717) is 17.7 Å². The molecule has 1 aromatic carbocycles. The second-order valence-electron chi connectivity index (χ2n) is 8.26. The number of carbonyl (C=O) groups excluding carboxylic acids is 1. The summed E-state index contributed by atoms with van der Waals surface area (Å²) in [6.45, 7) is 3.80. The molecule has 0 atom stereocenters. The molecule has 2 aromatic heterocycles. The van der Waals surface area contributed by atoms with E-state index < -0.39 is 5.97 Å². The van der Waals surface area contributed by atoms with E-state index in [1.54, 1.807) is 12.3 Å². The van der Waals surface area contributed by atoms with Gasteiger partial charge in [0.05, 0.1) is 7.11 Å². The number of carbonyl (C=O) groups is 1. The minimum atomic E-state index is -0.407. The lowest BCUT2D eigenvalue weighted by Crippen LogP contribution is -2.34. The van der Waals surface area contributed by atoms with E-state index in [1.807, 2.05) is 36.5 Å². The van der Waals surface area contributed by atoms with E-state index in [2.05, 4.69) is 26.1 Å². The number of nitrogens with zero attached hydrogens (tertiary/aromatic N) is 2. The van der Waals surface area contributed by atoms with Gasteiger partial charge < -0.3 is 19.5 Å². The van der Waals surface area contributed by atoms with E-state index in [0.717, 1.165) is 68.6 Å². The third-order valence-corrected chi connectivity index (χ3v) is 6.05. The lowest BCUT2D eigenvalue weighted by Gasteiger charge is -2.27. The number of halogens is 1. The quantitative estimate of drug-likeness (QED) is 0.543.